The summed E-state index contributed by atoms with van der Waals surface area (Å²) in [6.07, 6.45) is 8.11. The van der Waals surface area contributed by atoms with E-state index in [1.54, 1.807) is 0 Å². The van der Waals surface area contributed by atoms with Crippen LogP contribution < -0.4 is 5.32 Å². The highest BCUT2D eigenvalue weighted by Gasteiger charge is 2.31. The summed E-state index contributed by atoms with van der Waals surface area (Å²) >= 11 is 0. The lowest BCUT2D eigenvalue weighted by Crippen LogP contribution is -2.32. The minimum atomic E-state index is 0.455. The van der Waals surface area contributed by atoms with Crippen LogP contribution in [0.25, 0.3) is 0 Å². The molecule has 2 heterocycles. The molecule has 0 spiro atoms. The Kier molecular flexibility index (Phi) is 5.92. The van der Waals surface area contributed by atoms with Gasteiger partial charge in [0.2, 0.25) is 0 Å². The first-order valence-corrected chi connectivity index (χ1v) is 8.75. The molecular formula is C18H35NO. The van der Waals surface area contributed by atoms with E-state index in [-0.39, 0.29) is 0 Å². The third-order valence-corrected chi connectivity index (χ3v) is 5.06. The van der Waals surface area contributed by atoms with Crippen molar-refractivity contribution < 1.29 is 4.74 Å². The zero-order valence-electron chi connectivity index (χ0n) is 14.1. The second kappa shape index (κ2) is 7.26. The minimum Gasteiger partial charge on any atom is -0.381 e. The van der Waals surface area contributed by atoms with Gasteiger partial charge in [0.25, 0.3) is 0 Å². The molecular weight excluding hydrogens is 246 g/mol. The van der Waals surface area contributed by atoms with Gasteiger partial charge in [-0.3, -0.25) is 0 Å². The Hall–Kier alpha value is -0.0800. The SMILES string of the molecule is CC(CC1CCCN1)CC1COCCC1CC(C)(C)C. The van der Waals surface area contributed by atoms with Crippen LogP contribution in [0.3, 0.4) is 0 Å². The molecule has 2 fully saturated rings. The van der Waals surface area contributed by atoms with E-state index in [0.29, 0.717) is 5.41 Å². The van der Waals surface area contributed by atoms with Gasteiger partial charge in [-0.15, -0.1) is 0 Å². The van der Waals surface area contributed by atoms with E-state index < -0.39 is 0 Å². The maximum atomic E-state index is 5.78. The predicted octanol–water partition coefficient (Wildman–Crippen LogP) is 4.24. The Morgan fingerprint density at radius 2 is 1.95 bits per heavy atom. The zero-order valence-corrected chi connectivity index (χ0v) is 14.1. The van der Waals surface area contributed by atoms with Crippen molar-refractivity contribution in [2.75, 3.05) is 19.8 Å². The number of ether oxygens (including phenoxy) is 1. The third kappa shape index (κ3) is 5.37. The van der Waals surface area contributed by atoms with Crippen LogP contribution in [0.5, 0.6) is 0 Å². The van der Waals surface area contributed by atoms with E-state index >= 15 is 0 Å². The Morgan fingerprint density at radius 1 is 1.15 bits per heavy atom. The van der Waals surface area contributed by atoms with Gasteiger partial charge in [-0.1, -0.05) is 27.7 Å². The van der Waals surface area contributed by atoms with Crippen LogP contribution in [0.1, 0.15) is 66.2 Å². The van der Waals surface area contributed by atoms with Crippen molar-refractivity contribution in [2.45, 2.75) is 72.3 Å². The number of nitrogens with one attached hydrogen (secondary N) is 1. The quantitative estimate of drug-likeness (QED) is 0.813. The molecule has 0 aromatic rings. The van der Waals surface area contributed by atoms with E-state index in [0.717, 1.165) is 37.0 Å². The minimum absolute atomic E-state index is 0.455. The highest BCUT2D eigenvalue weighted by atomic mass is 16.5. The van der Waals surface area contributed by atoms with Crippen molar-refractivity contribution in [2.24, 2.45) is 23.2 Å². The first-order chi connectivity index (χ1) is 9.44. The highest BCUT2D eigenvalue weighted by Crippen LogP contribution is 2.37. The van der Waals surface area contributed by atoms with E-state index in [9.17, 15) is 0 Å². The van der Waals surface area contributed by atoms with Crippen LogP contribution in [-0.2, 0) is 4.74 Å². The van der Waals surface area contributed by atoms with Crippen molar-refractivity contribution >= 4 is 0 Å². The van der Waals surface area contributed by atoms with Gasteiger partial charge in [0.15, 0.2) is 0 Å². The van der Waals surface area contributed by atoms with Crippen LogP contribution >= 0.6 is 0 Å². The van der Waals surface area contributed by atoms with E-state index in [2.05, 4.69) is 33.0 Å². The van der Waals surface area contributed by atoms with Gasteiger partial charge in [-0.2, -0.15) is 0 Å². The molecule has 1 N–H and O–H groups in total. The zero-order chi connectivity index (χ0) is 14.6. The van der Waals surface area contributed by atoms with Crippen molar-refractivity contribution in [3.8, 4) is 0 Å². The fourth-order valence-electron chi connectivity index (χ4n) is 4.21. The van der Waals surface area contributed by atoms with Crippen LogP contribution in [0.15, 0.2) is 0 Å². The average Bonchev–Trinajstić information content (AvgIpc) is 2.82. The van der Waals surface area contributed by atoms with Gasteiger partial charge < -0.3 is 10.1 Å². The highest BCUT2D eigenvalue weighted by molar-refractivity contribution is 4.82. The van der Waals surface area contributed by atoms with Crippen molar-refractivity contribution in [1.82, 2.24) is 5.32 Å². The molecule has 2 aliphatic heterocycles. The molecule has 2 heteroatoms. The maximum absolute atomic E-state index is 5.78. The normalized spacial score (nSPS) is 33.3. The summed E-state index contributed by atoms with van der Waals surface area (Å²) in [5, 5.41) is 3.64. The second-order valence-electron chi connectivity index (χ2n) is 8.52. The smallest absolute Gasteiger partial charge is 0.0497 e. The topological polar surface area (TPSA) is 21.3 Å². The van der Waals surface area contributed by atoms with Crippen molar-refractivity contribution in [1.29, 1.82) is 0 Å². The summed E-state index contributed by atoms with van der Waals surface area (Å²) in [6.45, 7) is 12.8. The average molecular weight is 281 g/mol. The molecule has 2 aliphatic rings. The summed E-state index contributed by atoms with van der Waals surface area (Å²) in [5.74, 6) is 2.50. The van der Waals surface area contributed by atoms with Gasteiger partial charge in [0, 0.05) is 19.3 Å². The summed E-state index contributed by atoms with van der Waals surface area (Å²) < 4.78 is 5.78. The van der Waals surface area contributed by atoms with Crippen LogP contribution in [0, 0.1) is 23.2 Å². The number of hydrogen-bond acceptors (Lipinski definition) is 2. The molecule has 0 radical (unpaired) electrons. The summed E-state index contributed by atoms with van der Waals surface area (Å²) in [5.41, 5.74) is 0.455. The second-order valence-corrected chi connectivity index (χ2v) is 8.52. The van der Waals surface area contributed by atoms with Crippen molar-refractivity contribution in [3.05, 3.63) is 0 Å². The van der Waals surface area contributed by atoms with Crippen LogP contribution in [-0.4, -0.2) is 25.8 Å². The van der Waals surface area contributed by atoms with Gasteiger partial charge in [-0.25, -0.2) is 0 Å². The largest absolute Gasteiger partial charge is 0.381 e. The third-order valence-electron chi connectivity index (χ3n) is 5.06. The summed E-state index contributed by atoms with van der Waals surface area (Å²) in [6, 6.07) is 0.788. The first-order valence-electron chi connectivity index (χ1n) is 8.75. The molecule has 2 nitrogen and oxygen atoms in total. The van der Waals surface area contributed by atoms with Gasteiger partial charge >= 0.3 is 0 Å². The van der Waals surface area contributed by atoms with Gasteiger partial charge in [0.05, 0.1) is 0 Å². The lowest BCUT2D eigenvalue weighted by atomic mass is 9.73. The van der Waals surface area contributed by atoms with E-state index in [4.69, 9.17) is 4.74 Å². The molecule has 0 amide bonds. The Morgan fingerprint density at radius 3 is 2.60 bits per heavy atom. The van der Waals surface area contributed by atoms with E-state index in [1.807, 2.05) is 0 Å². The van der Waals surface area contributed by atoms with Crippen LogP contribution in [0.4, 0.5) is 0 Å². The predicted molar refractivity (Wildman–Crippen MR) is 85.9 cm³/mol. The Bertz CT molecular complexity index is 278. The Labute approximate surface area is 126 Å². The monoisotopic (exact) mass is 281 g/mol. The molecule has 0 bridgehead atoms. The Balaban J connectivity index is 1.81. The van der Waals surface area contributed by atoms with Crippen molar-refractivity contribution in [3.63, 3.8) is 0 Å². The summed E-state index contributed by atoms with van der Waals surface area (Å²) in [7, 11) is 0. The molecule has 0 aromatic heterocycles. The lowest BCUT2D eigenvalue weighted by Gasteiger charge is -2.37. The fraction of sp³-hybridized carbons (Fsp3) is 1.00. The standard InChI is InChI=1S/C18H35NO/c1-14(11-17-6-5-8-19-17)10-16-13-20-9-7-15(16)12-18(2,3)4/h14-17,19H,5-13H2,1-4H3. The molecule has 118 valence electrons. The first kappa shape index (κ1) is 16.3. The summed E-state index contributed by atoms with van der Waals surface area (Å²) in [4.78, 5) is 0. The molecule has 2 rings (SSSR count). The lowest BCUT2D eigenvalue weighted by molar-refractivity contribution is -0.00599. The van der Waals surface area contributed by atoms with E-state index in [1.165, 1.54) is 45.1 Å². The maximum Gasteiger partial charge on any atom is 0.0497 e. The van der Waals surface area contributed by atoms with Crippen LogP contribution in [0.2, 0.25) is 0 Å². The van der Waals surface area contributed by atoms with Gasteiger partial charge in [-0.05, 0) is 68.2 Å². The molecule has 4 atom stereocenters. The molecule has 0 saturated carbocycles. The number of rotatable bonds is 5. The molecule has 20 heavy (non-hydrogen) atoms. The molecule has 4 unspecified atom stereocenters. The molecule has 2 saturated heterocycles. The van der Waals surface area contributed by atoms with Gasteiger partial charge in [0.1, 0.15) is 0 Å². The number of hydrogen-bond donors (Lipinski definition) is 1. The molecule has 0 aromatic carbocycles. The molecule has 0 aliphatic carbocycles. The fourth-order valence-corrected chi connectivity index (χ4v) is 4.21.